The molecule has 0 bridgehead atoms. The lowest BCUT2D eigenvalue weighted by Gasteiger charge is -2.16. The molecule has 0 spiro atoms. The summed E-state index contributed by atoms with van der Waals surface area (Å²) in [5.74, 6) is -0.681. The van der Waals surface area contributed by atoms with Crippen molar-refractivity contribution in [3.05, 3.63) is 59.2 Å². The molecule has 2 rings (SSSR count). The molecule has 2 aromatic carbocycles. The van der Waals surface area contributed by atoms with Crippen molar-refractivity contribution in [1.29, 1.82) is 10.5 Å². The van der Waals surface area contributed by atoms with Gasteiger partial charge in [-0.2, -0.15) is 10.5 Å². The lowest BCUT2D eigenvalue weighted by Crippen LogP contribution is -2.04. The maximum absolute atomic E-state index is 9.23. The van der Waals surface area contributed by atoms with E-state index in [1.165, 1.54) is 5.56 Å². The lowest BCUT2D eigenvalue weighted by atomic mass is 9.86. The van der Waals surface area contributed by atoms with Crippen LogP contribution in [-0.2, 0) is 12.8 Å². The van der Waals surface area contributed by atoms with E-state index in [9.17, 15) is 10.5 Å². The van der Waals surface area contributed by atoms with Gasteiger partial charge in [0.25, 0.3) is 0 Å². The molecule has 0 radical (unpaired) electrons. The SMILES string of the molecule is CCc1cc(-c2ccccc2)cc(CC)c1C(C#N)C#N. The van der Waals surface area contributed by atoms with Crippen LogP contribution in [0, 0.1) is 22.7 Å². The molecular formula is C19H18N2. The van der Waals surface area contributed by atoms with Crippen LogP contribution in [0.15, 0.2) is 42.5 Å². The Morgan fingerprint density at radius 3 is 1.81 bits per heavy atom. The predicted octanol–water partition coefficient (Wildman–Crippen LogP) is 4.61. The second kappa shape index (κ2) is 6.73. The van der Waals surface area contributed by atoms with Gasteiger partial charge in [-0.3, -0.25) is 0 Å². The van der Waals surface area contributed by atoms with Crippen LogP contribution in [0.2, 0.25) is 0 Å². The molecule has 0 heterocycles. The topological polar surface area (TPSA) is 47.6 Å². The van der Waals surface area contributed by atoms with Gasteiger partial charge >= 0.3 is 0 Å². The largest absolute Gasteiger partial charge is 0.196 e. The molecular weight excluding hydrogens is 256 g/mol. The van der Waals surface area contributed by atoms with Crippen LogP contribution in [0.1, 0.15) is 36.5 Å². The number of hydrogen-bond donors (Lipinski definition) is 0. The fraction of sp³-hybridized carbons (Fsp3) is 0.263. The van der Waals surface area contributed by atoms with Gasteiger partial charge in [-0.15, -0.1) is 0 Å². The fourth-order valence-electron chi connectivity index (χ4n) is 2.69. The smallest absolute Gasteiger partial charge is 0.158 e. The Morgan fingerprint density at radius 2 is 1.38 bits per heavy atom. The summed E-state index contributed by atoms with van der Waals surface area (Å²) in [6.07, 6.45) is 1.64. The Morgan fingerprint density at radius 1 is 0.857 bits per heavy atom. The first-order chi connectivity index (χ1) is 10.2. The highest BCUT2D eigenvalue weighted by Crippen LogP contribution is 2.31. The van der Waals surface area contributed by atoms with Gasteiger partial charge in [-0.1, -0.05) is 56.3 Å². The molecule has 2 heteroatoms. The van der Waals surface area contributed by atoms with Gasteiger partial charge < -0.3 is 0 Å². The average molecular weight is 274 g/mol. The molecule has 0 aliphatic carbocycles. The van der Waals surface area contributed by atoms with Gasteiger partial charge in [0, 0.05) is 0 Å². The van der Waals surface area contributed by atoms with Gasteiger partial charge in [0.2, 0.25) is 0 Å². The van der Waals surface area contributed by atoms with Crippen LogP contribution in [0.25, 0.3) is 11.1 Å². The summed E-state index contributed by atoms with van der Waals surface area (Å²) in [5.41, 5.74) is 5.42. The Hall–Kier alpha value is -2.58. The van der Waals surface area contributed by atoms with Crippen molar-refractivity contribution in [2.45, 2.75) is 32.6 Å². The number of hydrogen-bond acceptors (Lipinski definition) is 2. The van der Waals surface area contributed by atoms with E-state index in [4.69, 9.17) is 0 Å². The van der Waals surface area contributed by atoms with E-state index in [2.05, 4.69) is 50.3 Å². The molecule has 0 fully saturated rings. The van der Waals surface area contributed by atoms with Crippen LogP contribution in [0.4, 0.5) is 0 Å². The van der Waals surface area contributed by atoms with E-state index in [0.717, 1.165) is 35.1 Å². The van der Waals surface area contributed by atoms with E-state index in [1.54, 1.807) is 0 Å². The quantitative estimate of drug-likeness (QED) is 0.817. The number of nitrogens with zero attached hydrogens (tertiary/aromatic N) is 2. The second-order valence-electron chi connectivity index (χ2n) is 4.97. The second-order valence-corrected chi connectivity index (χ2v) is 4.97. The summed E-state index contributed by atoms with van der Waals surface area (Å²) in [5, 5.41) is 18.5. The van der Waals surface area contributed by atoms with Gasteiger partial charge in [-0.25, -0.2) is 0 Å². The molecule has 0 aromatic heterocycles. The van der Waals surface area contributed by atoms with Crippen molar-refractivity contribution < 1.29 is 0 Å². The predicted molar refractivity (Wildman–Crippen MR) is 84.6 cm³/mol. The zero-order valence-electron chi connectivity index (χ0n) is 12.4. The molecule has 0 atom stereocenters. The molecule has 104 valence electrons. The first-order valence-corrected chi connectivity index (χ1v) is 7.25. The minimum Gasteiger partial charge on any atom is -0.196 e. The lowest BCUT2D eigenvalue weighted by molar-refractivity contribution is 0.970. The molecule has 0 N–H and O–H groups in total. The summed E-state index contributed by atoms with van der Waals surface area (Å²) < 4.78 is 0. The first-order valence-electron chi connectivity index (χ1n) is 7.25. The minimum absolute atomic E-state index is 0.681. The van der Waals surface area contributed by atoms with Crippen LogP contribution >= 0.6 is 0 Å². The maximum Gasteiger partial charge on any atom is 0.158 e. The van der Waals surface area contributed by atoms with E-state index in [1.807, 2.05) is 18.2 Å². The maximum atomic E-state index is 9.23. The monoisotopic (exact) mass is 274 g/mol. The summed E-state index contributed by atoms with van der Waals surface area (Å²) in [6.45, 7) is 4.14. The Labute approximate surface area is 126 Å². The van der Waals surface area contributed by atoms with Crippen molar-refractivity contribution in [2.75, 3.05) is 0 Å². The standard InChI is InChI=1S/C19H18N2/c1-3-14-10-17(16-8-6-5-7-9-16)11-15(4-2)19(14)18(12-20)13-21/h5-11,18H,3-4H2,1-2H3. The van der Waals surface area contributed by atoms with E-state index < -0.39 is 5.92 Å². The first kappa shape index (κ1) is 14.8. The molecule has 0 unspecified atom stereocenters. The van der Waals surface area contributed by atoms with Crippen molar-refractivity contribution in [1.82, 2.24) is 0 Å². The van der Waals surface area contributed by atoms with Crippen molar-refractivity contribution >= 4 is 0 Å². The number of nitriles is 2. The zero-order chi connectivity index (χ0) is 15.2. The minimum atomic E-state index is -0.681. The molecule has 0 aliphatic rings. The Bertz CT molecular complexity index is 664. The fourth-order valence-corrected chi connectivity index (χ4v) is 2.69. The number of benzene rings is 2. The third-order valence-electron chi connectivity index (χ3n) is 3.77. The summed E-state index contributed by atoms with van der Waals surface area (Å²) in [4.78, 5) is 0. The van der Waals surface area contributed by atoms with Crippen LogP contribution < -0.4 is 0 Å². The summed E-state index contributed by atoms with van der Waals surface area (Å²) in [6, 6.07) is 18.7. The van der Waals surface area contributed by atoms with Crippen molar-refractivity contribution in [3.8, 4) is 23.3 Å². The molecule has 0 aliphatic heterocycles. The van der Waals surface area contributed by atoms with Gasteiger partial charge in [-0.05, 0) is 40.7 Å². The van der Waals surface area contributed by atoms with E-state index in [0.29, 0.717) is 0 Å². The van der Waals surface area contributed by atoms with Gasteiger partial charge in [0.1, 0.15) is 0 Å². The summed E-state index contributed by atoms with van der Waals surface area (Å²) >= 11 is 0. The molecule has 2 aromatic rings. The Balaban J connectivity index is 2.66. The highest BCUT2D eigenvalue weighted by Gasteiger charge is 2.18. The average Bonchev–Trinajstić information content (AvgIpc) is 2.56. The highest BCUT2D eigenvalue weighted by atomic mass is 14.3. The molecule has 21 heavy (non-hydrogen) atoms. The van der Waals surface area contributed by atoms with Crippen molar-refractivity contribution in [3.63, 3.8) is 0 Å². The highest BCUT2D eigenvalue weighted by molar-refractivity contribution is 5.67. The third kappa shape index (κ3) is 2.96. The Kier molecular flexibility index (Phi) is 4.75. The molecule has 0 amide bonds. The molecule has 0 saturated carbocycles. The van der Waals surface area contributed by atoms with Crippen molar-refractivity contribution in [2.24, 2.45) is 0 Å². The number of rotatable bonds is 4. The van der Waals surface area contributed by atoms with Crippen LogP contribution in [0.5, 0.6) is 0 Å². The zero-order valence-corrected chi connectivity index (χ0v) is 12.4. The van der Waals surface area contributed by atoms with E-state index >= 15 is 0 Å². The van der Waals surface area contributed by atoms with E-state index in [-0.39, 0.29) is 0 Å². The normalized spacial score (nSPS) is 10.1. The number of aryl methyl sites for hydroxylation is 2. The molecule has 2 nitrogen and oxygen atoms in total. The third-order valence-corrected chi connectivity index (χ3v) is 3.77. The summed E-state index contributed by atoms with van der Waals surface area (Å²) in [7, 11) is 0. The van der Waals surface area contributed by atoms with Gasteiger partial charge in [0.15, 0.2) is 5.92 Å². The molecule has 0 saturated heterocycles. The van der Waals surface area contributed by atoms with Crippen LogP contribution in [0.3, 0.4) is 0 Å². The van der Waals surface area contributed by atoms with Crippen LogP contribution in [-0.4, -0.2) is 0 Å². The van der Waals surface area contributed by atoms with Gasteiger partial charge in [0.05, 0.1) is 12.1 Å².